The molecule has 2 aromatic carbocycles. The zero-order valence-electron chi connectivity index (χ0n) is 12.9. The van der Waals surface area contributed by atoms with Crippen molar-refractivity contribution in [1.82, 2.24) is 5.32 Å². The third-order valence-electron chi connectivity index (χ3n) is 3.29. The van der Waals surface area contributed by atoms with Gasteiger partial charge in [-0.2, -0.15) is 0 Å². The Balaban J connectivity index is 2.09. The van der Waals surface area contributed by atoms with Crippen LogP contribution < -0.4 is 10.6 Å². The summed E-state index contributed by atoms with van der Waals surface area (Å²) < 4.78 is 13.5. The molecule has 0 radical (unpaired) electrons. The lowest BCUT2D eigenvalue weighted by atomic mass is 10.1. The lowest BCUT2D eigenvalue weighted by Gasteiger charge is -2.08. The molecule has 2 amide bonds. The number of carbonyl (C=O) groups is 2. The number of nitrogens with one attached hydrogen (secondary N) is 2. The highest BCUT2D eigenvalue weighted by Crippen LogP contribution is 2.17. The van der Waals surface area contributed by atoms with Gasteiger partial charge in [0.1, 0.15) is 5.82 Å². The highest BCUT2D eigenvalue weighted by atomic mass is 19.1. The number of hydrogen-bond donors (Lipinski definition) is 2. The molecule has 5 heteroatoms. The SMILES string of the molecule is CNC(=O)c1ccc(NC(=O)/C=C/c2ccccc2F)c(C)c1. The second-order valence-corrected chi connectivity index (χ2v) is 4.95. The molecule has 2 rings (SSSR count). The van der Waals surface area contributed by atoms with Gasteiger partial charge in [-0.3, -0.25) is 9.59 Å². The van der Waals surface area contributed by atoms with Crippen LogP contribution in [0.2, 0.25) is 0 Å². The third-order valence-corrected chi connectivity index (χ3v) is 3.29. The molecule has 0 fully saturated rings. The van der Waals surface area contributed by atoms with Crippen LogP contribution in [-0.2, 0) is 4.79 Å². The number of carbonyl (C=O) groups excluding carboxylic acids is 2. The predicted octanol–water partition coefficient (Wildman–Crippen LogP) is 3.15. The van der Waals surface area contributed by atoms with Crippen LogP contribution in [0.5, 0.6) is 0 Å². The molecule has 2 N–H and O–H groups in total. The summed E-state index contributed by atoms with van der Waals surface area (Å²) in [5.41, 5.74) is 2.22. The summed E-state index contributed by atoms with van der Waals surface area (Å²) >= 11 is 0. The number of hydrogen-bond acceptors (Lipinski definition) is 2. The second-order valence-electron chi connectivity index (χ2n) is 4.95. The molecule has 0 heterocycles. The van der Waals surface area contributed by atoms with Crippen molar-refractivity contribution in [2.75, 3.05) is 12.4 Å². The van der Waals surface area contributed by atoms with E-state index in [-0.39, 0.29) is 17.6 Å². The summed E-state index contributed by atoms with van der Waals surface area (Å²) in [6.07, 6.45) is 2.68. The van der Waals surface area contributed by atoms with Gasteiger partial charge in [-0.15, -0.1) is 0 Å². The molecule has 0 aliphatic carbocycles. The van der Waals surface area contributed by atoms with Gasteiger partial charge < -0.3 is 10.6 Å². The van der Waals surface area contributed by atoms with Gasteiger partial charge in [0.25, 0.3) is 5.91 Å². The van der Waals surface area contributed by atoms with Crippen molar-refractivity contribution in [3.8, 4) is 0 Å². The van der Waals surface area contributed by atoms with Gasteiger partial charge >= 0.3 is 0 Å². The van der Waals surface area contributed by atoms with E-state index in [2.05, 4.69) is 10.6 Å². The van der Waals surface area contributed by atoms with E-state index >= 15 is 0 Å². The summed E-state index contributed by atoms with van der Waals surface area (Å²) in [5, 5.41) is 5.24. The van der Waals surface area contributed by atoms with E-state index in [1.807, 2.05) is 0 Å². The first-order valence-corrected chi connectivity index (χ1v) is 7.07. The summed E-state index contributed by atoms with van der Waals surface area (Å²) in [4.78, 5) is 23.5. The fourth-order valence-corrected chi connectivity index (χ4v) is 2.04. The van der Waals surface area contributed by atoms with Crippen molar-refractivity contribution >= 4 is 23.6 Å². The number of halogens is 1. The van der Waals surface area contributed by atoms with E-state index in [4.69, 9.17) is 0 Å². The van der Waals surface area contributed by atoms with E-state index < -0.39 is 0 Å². The van der Waals surface area contributed by atoms with Crippen molar-refractivity contribution in [3.05, 3.63) is 71.0 Å². The minimum absolute atomic E-state index is 0.189. The lowest BCUT2D eigenvalue weighted by Crippen LogP contribution is -2.18. The zero-order chi connectivity index (χ0) is 16.8. The third kappa shape index (κ3) is 4.26. The molecule has 0 atom stereocenters. The van der Waals surface area contributed by atoms with Crippen molar-refractivity contribution in [1.29, 1.82) is 0 Å². The molecule has 0 saturated heterocycles. The average molecular weight is 312 g/mol. The fourth-order valence-electron chi connectivity index (χ4n) is 2.04. The van der Waals surface area contributed by atoms with Crippen LogP contribution in [0.15, 0.2) is 48.5 Å². The number of rotatable bonds is 4. The molecule has 0 unspecified atom stereocenters. The van der Waals surface area contributed by atoms with Crippen LogP contribution in [0.4, 0.5) is 10.1 Å². The van der Waals surface area contributed by atoms with E-state index in [9.17, 15) is 14.0 Å². The van der Waals surface area contributed by atoms with Crippen LogP contribution in [-0.4, -0.2) is 18.9 Å². The lowest BCUT2D eigenvalue weighted by molar-refractivity contribution is -0.111. The maximum Gasteiger partial charge on any atom is 0.251 e. The van der Waals surface area contributed by atoms with E-state index in [1.165, 1.54) is 18.2 Å². The Kier molecular flexibility index (Phi) is 5.25. The number of aryl methyl sites for hydroxylation is 1. The molecule has 0 aliphatic rings. The minimum atomic E-state index is -0.386. The van der Waals surface area contributed by atoms with Gasteiger partial charge in [0.05, 0.1) is 0 Å². The number of amides is 2. The van der Waals surface area contributed by atoms with Crippen molar-refractivity contribution in [2.24, 2.45) is 0 Å². The second kappa shape index (κ2) is 7.35. The Hall–Kier alpha value is -2.95. The maximum atomic E-state index is 13.5. The molecule has 0 aliphatic heterocycles. The minimum Gasteiger partial charge on any atom is -0.355 e. The average Bonchev–Trinajstić information content (AvgIpc) is 2.55. The monoisotopic (exact) mass is 312 g/mol. The number of benzene rings is 2. The van der Waals surface area contributed by atoms with Gasteiger partial charge in [0.2, 0.25) is 5.91 Å². The Morgan fingerprint density at radius 2 is 1.87 bits per heavy atom. The largest absolute Gasteiger partial charge is 0.355 e. The first-order valence-electron chi connectivity index (χ1n) is 7.07. The van der Waals surface area contributed by atoms with Crippen LogP contribution in [0.3, 0.4) is 0 Å². The van der Waals surface area contributed by atoms with Crippen LogP contribution in [0.1, 0.15) is 21.5 Å². The molecular weight excluding hydrogens is 295 g/mol. The van der Waals surface area contributed by atoms with Crippen LogP contribution in [0, 0.1) is 12.7 Å². The summed E-state index contributed by atoms with van der Waals surface area (Å²) in [7, 11) is 1.56. The van der Waals surface area contributed by atoms with Gasteiger partial charge in [0.15, 0.2) is 0 Å². The molecule has 0 aromatic heterocycles. The number of anilines is 1. The van der Waals surface area contributed by atoms with Gasteiger partial charge in [-0.1, -0.05) is 18.2 Å². The quantitative estimate of drug-likeness (QED) is 0.852. The Morgan fingerprint density at radius 1 is 1.13 bits per heavy atom. The van der Waals surface area contributed by atoms with E-state index in [0.29, 0.717) is 16.8 Å². The summed E-state index contributed by atoms with van der Waals surface area (Å²) in [5.74, 6) is -0.947. The Morgan fingerprint density at radius 3 is 2.52 bits per heavy atom. The first-order chi connectivity index (χ1) is 11.0. The zero-order valence-corrected chi connectivity index (χ0v) is 12.9. The Labute approximate surface area is 134 Å². The van der Waals surface area contributed by atoms with Crippen molar-refractivity contribution < 1.29 is 14.0 Å². The predicted molar refractivity (Wildman–Crippen MR) is 88.6 cm³/mol. The van der Waals surface area contributed by atoms with Crippen LogP contribution >= 0.6 is 0 Å². The van der Waals surface area contributed by atoms with Crippen molar-refractivity contribution in [3.63, 3.8) is 0 Å². The van der Waals surface area contributed by atoms with E-state index in [0.717, 1.165) is 5.56 Å². The summed E-state index contributed by atoms with van der Waals surface area (Å²) in [6.45, 7) is 1.79. The van der Waals surface area contributed by atoms with Gasteiger partial charge in [0, 0.05) is 29.9 Å². The standard InChI is InChI=1S/C18H17FN2O2/c1-12-11-14(18(23)20-2)7-9-16(12)21-17(22)10-8-13-5-3-4-6-15(13)19/h3-11H,1-2H3,(H,20,23)(H,21,22)/b10-8+. The smallest absolute Gasteiger partial charge is 0.251 e. The van der Waals surface area contributed by atoms with Crippen molar-refractivity contribution in [2.45, 2.75) is 6.92 Å². The maximum absolute atomic E-state index is 13.5. The normalized spacial score (nSPS) is 10.6. The first kappa shape index (κ1) is 16.4. The molecule has 118 valence electrons. The topological polar surface area (TPSA) is 58.2 Å². The molecule has 0 bridgehead atoms. The summed E-state index contributed by atoms with van der Waals surface area (Å²) in [6, 6.07) is 11.2. The highest BCUT2D eigenvalue weighted by molar-refractivity contribution is 6.03. The molecular formula is C18H17FN2O2. The van der Waals surface area contributed by atoms with Crippen LogP contribution in [0.25, 0.3) is 6.08 Å². The van der Waals surface area contributed by atoms with Gasteiger partial charge in [-0.25, -0.2) is 4.39 Å². The molecule has 23 heavy (non-hydrogen) atoms. The van der Waals surface area contributed by atoms with E-state index in [1.54, 1.807) is 50.4 Å². The highest BCUT2D eigenvalue weighted by Gasteiger charge is 2.07. The van der Waals surface area contributed by atoms with Gasteiger partial charge in [-0.05, 0) is 42.8 Å². The molecule has 4 nitrogen and oxygen atoms in total. The molecule has 0 saturated carbocycles. The molecule has 0 spiro atoms. The Bertz CT molecular complexity index is 769. The molecule has 2 aromatic rings. The fraction of sp³-hybridized carbons (Fsp3) is 0.111.